The van der Waals surface area contributed by atoms with E-state index < -0.39 is 5.91 Å². The molecule has 1 aliphatic carbocycles. The molecule has 1 aliphatic rings. The molecule has 0 saturated carbocycles. The van der Waals surface area contributed by atoms with Gasteiger partial charge in [0.25, 0.3) is 11.8 Å². The molecule has 31 heavy (non-hydrogen) atoms. The molecule has 2 amide bonds. The third-order valence-corrected chi connectivity index (χ3v) is 7.45. The number of hydrogen-bond acceptors (Lipinski definition) is 4. The monoisotopic (exact) mass is 436 g/mol. The standard InChI is InChI=1S/C25H28N2O3S/c1-25(2,3)16-9-10-17-20(13-16)31-24(21(17)22(26)28)27-23(29)18-11-14-7-5-6-8-15(14)12-19(18)30-4/h5-8,11-12,16H,9-10,13H2,1-4H3,(H2,26,28)(H,27,29)/t16-/m0/s1. The molecule has 0 bridgehead atoms. The number of amides is 2. The number of ether oxygens (including phenoxy) is 1. The van der Waals surface area contributed by atoms with E-state index in [9.17, 15) is 9.59 Å². The van der Waals surface area contributed by atoms with Gasteiger partial charge in [-0.05, 0) is 59.1 Å². The minimum atomic E-state index is -0.493. The van der Waals surface area contributed by atoms with E-state index in [1.807, 2.05) is 36.4 Å². The number of carbonyl (C=O) groups is 2. The molecule has 1 heterocycles. The fourth-order valence-corrected chi connectivity index (χ4v) is 5.74. The number of primary amides is 1. The van der Waals surface area contributed by atoms with Gasteiger partial charge in [0, 0.05) is 4.88 Å². The van der Waals surface area contributed by atoms with Crippen molar-refractivity contribution in [3.05, 3.63) is 58.0 Å². The number of methoxy groups -OCH3 is 1. The molecule has 0 fully saturated rings. The number of rotatable bonds is 4. The Morgan fingerprint density at radius 3 is 2.45 bits per heavy atom. The zero-order valence-corrected chi connectivity index (χ0v) is 19.2. The summed E-state index contributed by atoms with van der Waals surface area (Å²) in [6.45, 7) is 6.75. The van der Waals surface area contributed by atoms with Crippen molar-refractivity contribution in [2.24, 2.45) is 17.1 Å². The number of nitrogens with one attached hydrogen (secondary N) is 1. The molecule has 2 aromatic carbocycles. The largest absolute Gasteiger partial charge is 0.496 e. The van der Waals surface area contributed by atoms with Gasteiger partial charge >= 0.3 is 0 Å². The summed E-state index contributed by atoms with van der Waals surface area (Å²) in [5.41, 5.74) is 7.82. The highest BCUT2D eigenvalue weighted by Crippen LogP contribution is 2.44. The van der Waals surface area contributed by atoms with E-state index in [1.165, 1.54) is 11.3 Å². The van der Waals surface area contributed by atoms with Gasteiger partial charge in [0.2, 0.25) is 0 Å². The normalized spacial score (nSPS) is 16.1. The summed E-state index contributed by atoms with van der Waals surface area (Å²) in [5, 5.41) is 5.43. The summed E-state index contributed by atoms with van der Waals surface area (Å²) >= 11 is 1.48. The maximum atomic E-state index is 13.2. The maximum Gasteiger partial charge on any atom is 0.260 e. The highest BCUT2D eigenvalue weighted by atomic mass is 32.1. The molecule has 162 valence electrons. The van der Waals surface area contributed by atoms with Gasteiger partial charge in [-0.25, -0.2) is 0 Å². The second-order valence-corrected chi connectivity index (χ2v) is 10.3. The summed E-state index contributed by atoms with van der Waals surface area (Å²) in [5.74, 6) is 0.220. The molecule has 1 atom stereocenters. The summed E-state index contributed by atoms with van der Waals surface area (Å²) in [6, 6.07) is 11.5. The molecule has 4 rings (SSSR count). The lowest BCUT2D eigenvalue weighted by atomic mass is 9.72. The van der Waals surface area contributed by atoms with Gasteiger partial charge in [-0.1, -0.05) is 45.0 Å². The van der Waals surface area contributed by atoms with Crippen LogP contribution in [0.4, 0.5) is 5.00 Å². The molecule has 0 aliphatic heterocycles. The van der Waals surface area contributed by atoms with Crippen LogP contribution in [-0.4, -0.2) is 18.9 Å². The molecule has 0 unspecified atom stereocenters. The van der Waals surface area contributed by atoms with Crippen LogP contribution in [-0.2, 0) is 12.8 Å². The van der Waals surface area contributed by atoms with Gasteiger partial charge in [-0.2, -0.15) is 0 Å². The number of anilines is 1. The van der Waals surface area contributed by atoms with Crippen LogP contribution in [0.3, 0.4) is 0 Å². The molecule has 3 aromatic rings. The van der Waals surface area contributed by atoms with Crippen molar-refractivity contribution < 1.29 is 14.3 Å². The van der Waals surface area contributed by atoms with Crippen molar-refractivity contribution in [2.75, 3.05) is 12.4 Å². The maximum absolute atomic E-state index is 13.2. The first kappa shape index (κ1) is 21.4. The first-order valence-corrected chi connectivity index (χ1v) is 11.3. The fraction of sp³-hybridized carbons (Fsp3) is 0.360. The van der Waals surface area contributed by atoms with Crippen molar-refractivity contribution in [3.8, 4) is 5.75 Å². The molecule has 3 N–H and O–H groups in total. The number of thiophene rings is 1. The van der Waals surface area contributed by atoms with Crippen molar-refractivity contribution in [1.29, 1.82) is 0 Å². The average molecular weight is 437 g/mol. The van der Waals surface area contributed by atoms with Crippen LogP contribution in [0.5, 0.6) is 5.75 Å². The van der Waals surface area contributed by atoms with Crippen LogP contribution in [0.15, 0.2) is 36.4 Å². The van der Waals surface area contributed by atoms with Crippen molar-refractivity contribution in [3.63, 3.8) is 0 Å². The zero-order chi connectivity index (χ0) is 22.3. The smallest absolute Gasteiger partial charge is 0.260 e. The van der Waals surface area contributed by atoms with E-state index in [0.717, 1.165) is 40.5 Å². The first-order chi connectivity index (χ1) is 14.7. The number of carbonyl (C=O) groups excluding carboxylic acids is 2. The zero-order valence-electron chi connectivity index (χ0n) is 18.4. The molecule has 0 spiro atoms. The van der Waals surface area contributed by atoms with E-state index in [4.69, 9.17) is 10.5 Å². The molecular formula is C25H28N2O3S. The summed E-state index contributed by atoms with van der Waals surface area (Å²) in [7, 11) is 1.55. The quantitative estimate of drug-likeness (QED) is 0.574. The predicted molar refractivity (Wildman–Crippen MR) is 126 cm³/mol. The Morgan fingerprint density at radius 2 is 1.84 bits per heavy atom. The average Bonchev–Trinajstić information content (AvgIpc) is 3.09. The van der Waals surface area contributed by atoms with E-state index >= 15 is 0 Å². The van der Waals surface area contributed by atoms with E-state index in [0.29, 0.717) is 27.8 Å². The minimum absolute atomic E-state index is 0.191. The molecule has 0 radical (unpaired) electrons. The molecule has 5 nitrogen and oxygen atoms in total. The van der Waals surface area contributed by atoms with Gasteiger partial charge in [0.05, 0.1) is 18.2 Å². The number of nitrogens with two attached hydrogens (primary N) is 1. The van der Waals surface area contributed by atoms with Gasteiger partial charge < -0.3 is 15.8 Å². The van der Waals surface area contributed by atoms with Crippen LogP contribution in [0.2, 0.25) is 0 Å². The van der Waals surface area contributed by atoms with E-state index in [2.05, 4.69) is 26.1 Å². The second-order valence-electron chi connectivity index (χ2n) is 9.23. The minimum Gasteiger partial charge on any atom is -0.496 e. The fourth-order valence-electron chi connectivity index (χ4n) is 4.41. The summed E-state index contributed by atoms with van der Waals surface area (Å²) in [6.07, 6.45) is 2.72. The van der Waals surface area contributed by atoms with Crippen LogP contribution in [0.25, 0.3) is 10.8 Å². The topological polar surface area (TPSA) is 81.4 Å². The van der Waals surface area contributed by atoms with Gasteiger partial charge in [-0.15, -0.1) is 11.3 Å². The Morgan fingerprint density at radius 1 is 1.16 bits per heavy atom. The number of hydrogen-bond donors (Lipinski definition) is 2. The third kappa shape index (κ3) is 4.04. The molecular weight excluding hydrogens is 408 g/mol. The lowest BCUT2D eigenvalue weighted by Crippen LogP contribution is -2.27. The Hall–Kier alpha value is -2.86. The summed E-state index contributed by atoms with van der Waals surface area (Å²) < 4.78 is 5.47. The number of fused-ring (bicyclic) bond motifs is 2. The highest BCUT2D eigenvalue weighted by molar-refractivity contribution is 7.17. The van der Waals surface area contributed by atoms with Crippen LogP contribution >= 0.6 is 11.3 Å². The van der Waals surface area contributed by atoms with E-state index in [1.54, 1.807) is 7.11 Å². The van der Waals surface area contributed by atoms with Gasteiger partial charge in [0.15, 0.2) is 0 Å². The second kappa shape index (κ2) is 8.00. The lowest BCUT2D eigenvalue weighted by Gasteiger charge is -2.33. The highest BCUT2D eigenvalue weighted by Gasteiger charge is 2.33. The number of benzene rings is 2. The Labute approximate surface area is 186 Å². The van der Waals surface area contributed by atoms with Gasteiger partial charge in [-0.3, -0.25) is 9.59 Å². The van der Waals surface area contributed by atoms with Crippen molar-refractivity contribution in [1.82, 2.24) is 0 Å². The Bertz CT molecular complexity index is 1170. The van der Waals surface area contributed by atoms with Crippen LogP contribution in [0, 0.1) is 11.3 Å². The lowest BCUT2D eigenvalue weighted by molar-refractivity contribution is 0.1000. The van der Waals surface area contributed by atoms with Crippen molar-refractivity contribution >= 4 is 38.9 Å². The van der Waals surface area contributed by atoms with Gasteiger partial charge in [0.1, 0.15) is 10.8 Å². The predicted octanol–water partition coefficient (Wildman–Crippen LogP) is 5.41. The molecule has 1 aromatic heterocycles. The molecule has 0 saturated heterocycles. The Kier molecular flexibility index (Phi) is 5.52. The van der Waals surface area contributed by atoms with Crippen LogP contribution in [0.1, 0.15) is 58.3 Å². The van der Waals surface area contributed by atoms with Crippen LogP contribution < -0.4 is 15.8 Å². The third-order valence-electron chi connectivity index (χ3n) is 6.28. The Balaban J connectivity index is 1.70. The van der Waals surface area contributed by atoms with E-state index in [-0.39, 0.29) is 11.3 Å². The summed E-state index contributed by atoms with van der Waals surface area (Å²) in [4.78, 5) is 26.7. The SMILES string of the molecule is COc1cc2ccccc2cc1C(=O)Nc1sc2c(c1C(N)=O)CC[C@H](C(C)(C)C)C2. The van der Waals surface area contributed by atoms with Crippen molar-refractivity contribution in [2.45, 2.75) is 40.0 Å². The molecule has 6 heteroatoms. The first-order valence-electron chi connectivity index (χ1n) is 10.5.